The number of benzene rings is 1. The third kappa shape index (κ3) is 5.14. The van der Waals surface area contributed by atoms with Crippen molar-refractivity contribution in [1.29, 1.82) is 0 Å². The summed E-state index contributed by atoms with van der Waals surface area (Å²) in [6.45, 7) is 4.68. The van der Waals surface area contributed by atoms with Gasteiger partial charge in [0.05, 0.1) is 0 Å². The van der Waals surface area contributed by atoms with Crippen molar-refractivity contribution >= 4 is 18.3 Å². The van der Waals surface area contributed by atoms with Crippen LogP contribution in [-0.2, 0) is 11.3 Å². The van der Waals surface area contributed by atoms with Gasteiger partial charge in [0, 0.05) is 25.6 Å². The molecule has 4 heteroatoms. The number of hydrogen-bond acceptors (Lipinski definition) is 2. The number of nitrogens with zero attached hydrogens (tertiary/aromatic N) is 1. The van der Waals surface area contributed by atoms with Gasteiger partial charge in [-0.25, -0.2) is 0 Å². The van der Waals surface area contributed by atoms with Crippen LogP contribution in [0.5, 0.6) is 0 Å². The molecule has 0 aliphatic carbocycles. The van der Waals surface area contributed by atoms with Crippen molar-refractivity contribution in [2.75, 3.05) is 13.1 Å². The molecule has 1 fully saturated rings. The number of halogens is 1. The molecule has 0 saturated carbocycles. The summed E-state index contributed by atoms with van der Waals surface area (Å²) in [7, 11) is 0. The van der Waals surface area contributed by atoms with Crippen molar-refractivity contribution in [1.82, 2.24) is 10.2 Å². The highest BCUT2D eigenvalue weighted by atomic mass is 35.5. The molecule has 1 aliphatic heterocycles. The van der Waals surface area contributed by atoms with Crippen LogP contribution in [0.4, 0.5) is 0 Å². The van der Waals surface area contributed by atoms with Gasteiger partial charge in [-0.05, 0) is 38.3 Å². The van der Waals surface area contributed by atoms with Gasteiger partial charge in [0.15, 0.2) is 0 Å². The minimum Gasteiger partial charge on any atom is -0.339 e. The second-order valence-corrected chi connectivity index (χ2v) is 5.23. The molecule has 0 radical (unpaired) electrons. The molecule has 1 aromatic rings. The van der Waals surface area contributed by atoms with Crippen LogP contribution >= 0.6 is 12.4 Å². The molecule has 1 atom stereocenters. The molecular weight excluding hydrogens is 272 g/mol. The van der Waals surface area contributed by atoms with E-state index in [2.05, 4.69) is 24.4 Å². The summed E-state index contributed by atoms with van der Waals surface area (Å²) in [5, 5.41) is 3.45. The molecule has 0 bridgehead atoms. The van der Waals surface area contributed by atoms with Gasteiger partial charge in [0.1, 0.15) is 0 Å². The number of carbonyl (C=O) groups excluding carboxylic acids is 1. The zero-order valence-electron chi connectivity index (χ0n) is 12.2. The van der Waals surface area contributed by atoms with Gasteiger partial charge in [-0.3, -0.25) is 4.79 Å². The molecule has 1 amide bonds. The summed E-state index contributed by atoms with van der Waals surface area (Å²) in [4.78, 5) is 14.2. The van der Waals surface area contributed by atoms with Crippen LogP contribution in [0.25, 0.3) is 0 Å². The predicted octanol–water partition coefficient (Wildman–Crippen LogP) is 2.99. The quantitative estimate of drug-likeness (QED) is 0.875. The third-order valence-corrected chi connectivity index (χ3v) is 3.82. The van der Waals surface area contributed by atoms with Gasteiger partial charge >= 0.3 is 0 Å². The summed E-state index contributed by atoms with van der Waals surface area (Å²) in [6.07, 6.45) is 4.11. The number of nitrogens with one attached hydrogen (secondary N) is 1. The average Bonchev–Trinajstić information content (AvgIpc) is 2.96. The molecule has 2 rings (SSSR count). The van der Waals surface area contributed by atoms with Crippen LogP contribution in [0.2, 0.25) is 0 Å². The standard InChI is InChI=1S/C16H24N2O.ClH/c1-2-18(13-14-7-4-3-5-8-14)16(19)11-10-15-9-6-12-17-15;/h3-5,7-8,15,17H,2,6,9-13H2,1H3;1H. The Balaban J connectivity index is 0.00000200. The lowest BCUT2D eigenvalue weighted by molar-refractivity contribution is -0.131. The summed E-state index contributed by atoms with van der Waals surface area (Å²) >= 11 is 0. The first kappa shape index (κ1) is 17.0. The van der Waals surface area contributed by atoms with E-state index < -0.39 is 0 Å². The van der Waals surface area contributed by atoms with Crippen molar-refractivity contribution in [2.45, 2.75) is 45.2 Å². The lowest BCUT2D eigenvalue weighted by Crippen LogP contribution is -2.32. The first-order valence-electron chi connectivity index (χ1n) is 7.34. The molecule has 0 aromatic heterocycles. The van der Waals surface area contributed by atoms with Crippen LogP contribution < -0.4 is 5.32 Å². The minimum atomic E-state index is 0. The average molecular weight is 297 g/mol. The van der Waals surface area contributed by atoms with Gasteiger partial charge in [0.25, 0.3) is 0 Å². The Bertz CT molecular complexity index is 391. The second kappa shape index (κ2) is 8.98. The highest BCUT2D eigenvalue weighted by molar-refractivity contribution is 5.85. The second-order valence-electron chi connectivity index (χ2n) is 5.23. The largest absolute Gasteiger partial charge is 0.339 e. The highest BCUT2D eigenvalue weighted by Gasteiger charge is 2.17. The van der Waals surface area contributed by atoms with Gasteiger partial charge in [0.2, 0.25) is 5.91 Å². The van der Waals surface area contributed by atoms with Crippen LogP contribution in [0.3, 0.4) is 0 Å². The van der Waals surface area contributed by atoms with Crippen molar-refractivity contribution in [3.05, 3.63) is 35.9 Å². The molecule has 1 aliphatic rings. The smallest absolute Gasteiger partial charge is 0.222 e. The molecule has 0 spiro atoms. The molecule has 1 heterocycles. The van der Waals surface area contributed by atoms with E-state index in [9.17, 15) is 4.79 Å². The molecule has 3 nitrogen and oxygen atoms in total. The normalized spacial score (nSPS) is 17.6. The van der Waals surface area contributed by atoms with E-state index in [1.165, 1.54) is 18.4 Å². The Kier molecular flexibility index (Phi) is 7.63. The molecule has 1 saturated heterocycles. The molecule has 1 aromatic carbocycles. The van der Waals surface area contributed by atoms with E-state index >= 15 is 0 Å². The first-order valence-corrected chi connectivity index (χ1v) is 7.34. The zero-order valence-corrected chi connectivity index (χ0v) is 13.0. The lowest BCUT2D eigenvalue weighted by Gasteiger charge is -2.22. The van der Waals surface area contributed by atoms with E-state index in [1.807, 2.05) is 23.1 Å². The maximum atomic E-state index is 12.2. The molecule has 1 unspecified atom stereocenters. The monoisotopic (exact) mass is 296 g/mol. The summed E-state index contributed by atoms with van der Waals surface area (Å²) < 4.78 is 0. The zero-order chi connectivity index (χ0) is 13.5. The van der Waals surface area contributed by atoms with Crippen LogP contribution in [0.1, 0.15) is 38.2 Å². The van der Waals surface area contributed by atoms with Crippen molar-refractivity contribution in [2.24, 2.45) is 0 Å². The van der Waals surface area contributed by atoms with Gasteiger partial charge in [-0.1, -0.05) is 30.3 Å². The third-order valence-electron chi connectivity index (χ3n) is 3.82. The van der Waals surface area contributed by atoms with Crippen LogP contribution in [0.15, 0.2) is 30.3 Å². The maximum Gasteiger partial charge on any atom is 0.222 e. The van der Waals surface area contributed by atoms with Gasteiger partial charge in [-0.2, -0.15) is 0 Å². The number of carbonyl (C=O) groups is 1. The number of hydrogen-bond donors (Lipinski definition) is 1. The van der Waals surface area contributed by atoms with Crippen LogP contribution in [-0.4, -0.2) is 29.9 Å². The summed E-state index contributed by atoms with van der Waals surface area (Å²) in [5.74, 6) is 0.278. The number of amides is 1. The Hall–Kier alpha value is -1.06. The lowest BCUT2D eigenvalue weighted by atomic mass is 10.1. The van der Waals surface area contributed by atoms with E-state index in [4.69, 9.17) is 0 Å². The Morgan fingerprint density at radius 3 is 2.70 bits per heavy atom. The topological polar surface area (TPSA) is 32.3 Å². The van der Waals surface area contributed by atoms with Crippen molar-refractivity contribution in [3.63, 3.8) is 0 Å². The van der Waals surface area contributed by atoms with Gasteiger partial charge < -0.3 is 10.2 Å². The van der Waals surface area contributed by atoms with Crippen LogP contribution in [0, 0.1) is 0 Å². The number of rotatable bonds is 6. The predicted molar refractivity (Wildman–Crippen MR) is 85.0 cm³/mol. The summed E-state index contributed by atoms with van der Waals surface area (Å²) in [5.41, 5.74) is 1.21. The highest BCUT2D eigenvalue weighted by Crippen LogP contribution is 2.13. The summed E-state index contributed by atoms with van der Waals surface area (Å²) in [6, 6.07) is 10.8. The van der Waals surface area contributed by atoms with Crippen molar-refractivity contribution in [3.8, 4) is 0 Å². The van der Waals surface area contributed by atoms with Crippen molar-refractivity contribution < 1.29 is 4.79 Å². The van der Waals surface area contributed by atoms with E-state index in [0.717, 1.165) is 26.1 Å². The van der Waals surface area contributed by atoms with Gasteiger partial charge in [-0.15, -0.1) is 12.4 Å². The van der Waals surface area contributed by atoms with E-state index in [1.54, 1.807) is 0 Å². The van der Waals surface area contributed by atoms with E-state index in [-0.39, 0.29) is 18.3 Å². The Labute approximate surface area is 128 Å². The Morgan fingerprint density at radius 2 is 2.10 bits per heavy atom. The fraction of sp³-hybridized carbons (Fsp3) is 0.562. The molecule has 112 valence electrons. The van der Waals surface area contributed by atoms with E-state index in [0.29, 0.717) is 12.5 Å². The fourth-order valence-electron chi connectivity index (χ4n) is 2.64. The SMILES string of the molecule is CCN(Cc1ccccc1)C(=O)CCC1CCCN1.Cl. The minimum absolute atomic E-state index is 0. The molecule has 1 N–H and O–H groups in total. The fourth-order valence-corrected chi connectivity index (χ4v) is 2.64. The molecular formula is C16H25ClN2O. The first-order chi connectivity index (χ1) is 9.29. The Morgan fingerprint density at radius 1 is 1.35 bits per heavy atom. The molecule has 20 heavy (non-hydrogen) atoms. The maximum absolute atomic E-state index is 12.2.